The fourth-order valence-electron chi connectivity index (χ4n) is 3.42. The van der Waals surface area contributed by atoms with Gasteiger partial charge in [0.2, 0.25) is 5.91 Å². The molecule has 0 aliphatic carbocycles. The Morgan fingerprint density at radius 2 is 1.82 bits per heavy atom. The second-order valence-corrected chi connectivity index (χ2v) is 7.74. The molecule has 184 valence electrons. The Morgan fingerprint density at radius 3 is 2.41 bits per heavy atom. The Labute approximate surface area is 199 Å². The predicted molar refractivity (Wildman–Crippen MR) is 119 cm³/mol. The lowest BCUT2D eigenvalue weighted by Gasteiger charge is -2.36. The highest BCUT2D eigenvalue weighted by molar-refractivity contribution is 7.80. The zero-order valence-electron chi connectivity index (χ0n) is 18.5. The van der Waals surface area contributed by atoms with E-state index in [0.717, 1.165) is 19.2 Å². The number of amides is 1. The lowest BCUT2D eigenvalue weighted by molar-refractivity contribution is -0.154. The van der Waals surface area contributed by atoms with Crippen molar-refractivity contribution in [1.29, 1.82) is 0 Å². The molecule has 0 saturated carbocycles. The molecular weight excluding hydrogens is 474 g/mol. The van der Waals surface area contributed by atoms with Crippen molar-refractivity contribution in [3.63, 3.8) is 0 Å². The van der Waals surface area contributed by atoms with Crippen molar-refractivity contribution < 1.29 is 33.0 Å². The van der Waals surface area contributed by atoms with Gasteiger partial charge in [0.05, 0.1) is 39.1 Å². The number of thiocarbonyl (C=S) groups is 1. The zero-order valence-corrected chi connectivity index (χ0v) is 19.3. The maximum Gasteiger partial charge on any atom is 0.335 e. The quantitative estimate of drug-likeness (QED) is 0.403. The van der Waals surface area contributed by atoms with E-state index in [-0.39, 0.29) is 49.3 Å². The van der Waals surface area contributed by atoms with E-state index in [9.17, 15) is 23.5 Å². The Bertz CT molecular complexity index is 1040. The zero-order chi connectivity index (χ0) is 24.8. The number of anilines is 1. The number of carbonyl (C=O) groups is 2. The van der Waals surface area contributed by atoms with Crippen LogP contribution in [0.5, 0.6) is 0 Å². The molecule has 14 heteroatoms. The van der Waals surface area contributed by atoms with Gasteiger partial charge in [-0.3, -0.25) is 4.79 Å². The van der Waals surface area contributed by atoms with Crippen LogP contribution in [0.15, 0.2) is 18.3 Å². The van der Waals surface area contributed by atoms with Crippen LogP contribution in [0, 0.1) is 11.6 Å². The molecule has 1 aliphatic rings. The number of aliphatic hydroxyl groups is 1. The molecule has 1 aromatic carbocycles. The van der Waals surface area contributed by atoms with E-state index >= 15 is 0 Å². The normalized spacial score (nSPS) is 14.5. The first-order valence-corrected chi connectivity index (χ1v) is 10.7. The number of ether oxygens (including phenoxy) is 2. The average molecular weight is 499 g/mol. The van der Waals surface area contributed by atoms with Gasteiger partial charge in [0.25, 0.3) is 5.17 Å². The molecular formula is C20H24F2N6O5S. The lowest BCUT2D eigenvalue weighted by Crippen LogP contribution is -2.50. The van der Waals surface area contributed by atoms with Crippen LogP contribution < -0.4 is 10.2 Å². The van der Waals surface area contributed by atoms with Gasteiger partial charge < -0.3 is 29.7 Å². The van der Waals surface area contributed by atoms with Crippen molar-refractivity contribution in [3.05, 3.63) is 35.7 Å². The molecule has 1 amide bonds. The van der Waals surface area contributed by atoms with Crippen molar-refractivity contribution in [2.45, 2.75) is 19.1 Å². The minimum Gasteiger partial charge on any atom is -0.474 e. The molecule has 0 bridgehead atoms. The number of piperazine rings is 1. The third kappa shape index (κ3) is 5.94. The van der Waals surface area contributed by atoms with Gasteiger partial charge in [-0.1, -0.05) is 5.21 Å². The van der Waals surface area contributed by atoms with Gasteiger partial charge >= 0.3 is 5.97 Å². The maximum atomic E-state index is 14.9. The molecule has 1 atom stereocenters. The van der Waals surface area contributed by atoms with Crippen molar-refractivity contribution in [1.82, 2.24) is 25.2 Å². The first-order chi connectivity index (χ1) is 16.2. The minimum atomic E-state index is -1.55. The highest BCUT2D eigenvalue weighted by atomic mass is 32.1. The number of hydrogen-bond acceptors (Lipinski definition) is 9. The predicted octanol–water partition coefficient (Wildman–Crippen LogP) is 0.139. The van der Waals surface area contributed by atoms with Crippen molar-refractivity contribution in [2.24, 2.45) is 0 Å². The number of rotatable bonds is 7. The van der Waals surface area contributed by atoms with Gasteiger partial charge in [-0.25, -0.2) is 18.3 Å². The highest BCUT2D eigenvalue weighted by Gasteiger charge is 2.28. The standard InChI is InChI=1S/C20H24F2N6O5S/c1-32-19(31)16(29)9-17(30)26-3-5-27(6-4-26)18-14(21)7-13(8-15(18)22)28-11-12(24-25-28)10-23-20(34)33-2/h7-8,11,16,29H,3-6,9-10H2,1-2H3,(H,23,34)/t16-/m0/s1. The molecule has 2 N–H and O–H groups in total. The summed E-state index contributed by atoms with van der Waals surface area (Å²) in [7, 11) is 2.54. The molecule has 1 aliphatic heterocycles. The van der Waals surface area contributed by atoms with Crippen LogP contribution in [0.3, 0.4) is 0 Å². The van der Waals surface area contributed by atoms with E-state index in [4.69, 9.17) is 17.0 Å². The summed E-state index contributed by atoms with van der Waals surface area (Å²) in [6.45, 7) is 0.930. The molecule has 1 aromatic heterocycles. The minimum absolute atomic E-state index is 0.150. The third-order valence-electron chi connectivity index (χ3n) is 5.20. The number of aliphatic hydroxyl groups excluding tert-OH is 1. The summed E-state index contributed by atoms with van der Waals surface area (Å²) in [4.78, 5) is 26.5. The fourth-order valence-corrected chi connectivity index (χ4v) is 3.49. The second kappa shape index (κ2) is 11.2. The second-order valence-electron chi connectivity index (χ2n) is 7.37. The van der Waals surface area contributed by atoms with Gasteiger partial charge in [-0.2, -0.15) is 0 Å². The van der Waals surface area contributed by atoms with Crippen LogP contribution in [0.4, 0.5) is 14.5 Å². The number of benzene rings is 1. The largest absolute Gasteiger partial charge is 0.474 e. The number of nitrogens with zero attached hydrogens (tertiary/aromatic N) is 5. The van der Waals surface area contributed by atoms with Crippen LogP contribution in [-0.4, -0.2) is 88.6 Å². The lowest BCUT2D eigenvalue weighted by atomic mass is 10.2. The van der Waals surface area contributed by atoms with E-state index in [1.54, 1.807) is 0 Å². The number of carbonyl (C=O) groups excluding carboxylic acids is 2. The van der Waals surface area contributed by atoms with Gasteiger partial charge in [-0.05, 0) is 12.2 Å². The highest BCUT2D eigenvalue weighted by Crippen LogP contribution is 2.27. The van der Waals surface area contributed by atoms with Crippen LogP contribution >= 0.6 is 12.2 Å². The molecule has 3 rings (SSSR count). The Morgan fingerprint density at radius 1 is 1.18 bits per heavy atom. The molecule has 0 unspecified atom stereocenters. The van der Waals surface area contributed by atoms with Crippen LogP contribution in [0.1, 0.15) is 12.1 Å². The maximum absolute atomic E-state index is 14.9. The number of halogens is 2. The van der Waals surface area contributed by atoms with E-state index in [0.29, 0.717) is 5.69 Å². The van der Waals surface area contributed by atoms with E-state index in [2.05, 4.69) is 20.4 Å². The van der Waals surface area contributed by atoms with Crippen molar-refractivity contribution in [2.75, 3.05) is 45.3 Å². The molecule has 0 spiro atoms. The van der Waals surface area contributed by atoms with Crippen LogP contribution in [0.2, 0.25) is 0 Å². The van der Waals surface area contributed by atoms with Crippen molar-refractivity contribution in [3.8, 4) is 5.69 Å². The number of esters is 1. The number of nitrogens with one attached hydrogen (secondary N) is 1. The fraction of sp³-hybridized carbons (Fsp3) is 0.450. The van der Waals surface area contributed by atoms with Gasteiger partial charge in [0, 0.05) is 38.3 Å². The molecule has 0 radical (unpaired) electrons. The summed E-state index contributed by atoms with van der Waals surface area (Å²) < 4.78 is 40.2. The molecule has 2 heterocycles. The smallest absolute Gasteiger partial charge is 0.335 e. The molecule has 11 nitrogen and oxygen atoms in total. The Balaban J connectivity index is 1.64. The molecule has 2 aromatic rings. The van der Waals surface area contributed by atoms with Gasteiger partial charge in [-0.15, -0.1) is 5.10 Å². The first kappa shape index (κ1) is 25.2. The number of hydrogen-bond donors (Lipinski definition) is 2. The van der Waals surface area contributed by atoms with Crippen LogP contribution in [-0.2, 0) is 25.6 Å². The third-order valence-corrected chi connectivity index (χ3v) is 5.51. The van der Waals surface area contributed by atoms with Crippen molar-refractivity contribution >= 4 is 35.0 Å². The molecule has 1 fully saturated rings. The number of aromatic nitrogens is 3. The summed E-state index contributed by atoms with van der Waals surface area (Å²) in [5.41, 5.74) is 0.428. The summed E-state index contributed by atoms with van der Waals surface area (Å²) in [6, 6.07) is 2.29. The summed E-state index contributed by atoms with van der Waals surface area (Å²) in [5, 5.41) is 20.4. The summed E-state index contributed by atoms with van der Waals surface area (Å²) >= 11 is 4.88. The van der Waals surface area contributed by atoms with Gasteiger partial charge in [0.1, 0.15) is 11.4 Å². The summed E-state index contributed by atoms with van der Waals surface area (Å²) in [6.07, 6.45) is -0.467. The van der Waals surface area contributed by atoms with E-state index in [1.807, 2.05) is 0 Å². The van der Waals surface area contributed by atoms with Gasteiger partial charge in [0.15, 0.2) is 17.7 Å². The molecule has 34 heavy (non-hydrogen) atoms. The van der Waals surface area contributed by atoms with Crippen LogP contribution in [0.25, 0.3) is 5.69 Å². The SMILES string of the molecule is COC(=O)[C@@H](O)CC(=O)N1CCN(c2c(F)cc(-n3cc(CNC(=S)OC)nn3)cc2F)CC1. The summed E-state index contributed by atoms with van der Waals surface area (Å²) in [5.74, 6) is -2.92. The Kier molecular flexibility index (Phi) is 8.28. The topological polar surface area (TPSA) is 122 Å². The monoisotopic (exact) mass is 498 g/mol. The average Bonchev–Trinajstić information content (AvgIpc) is 3.31. The Hall–Kier alpha value is -3.39. The number of methoxy groups -OCH3 is 2. The van der Waals surface area contributed by atoms with E-state index in [1.165, 1.54) is 27.8 Å². The van der Waals surface area contributed by atoms with E-state index < -0.39 is 36.0 Å². The molecule has 1 saturated heterocycles. The first-order valence-electron chi connectivity index (χ1n) is 10.2.